The number of nitrogens with two attached hydrogens (primary N) is 1. The standard InChI is InChI=1S/C14H22N2O2/c1-18-11-5-6-13(12(15)9-11)16-14(10-17)7-3-2-4-8-14/h5-6,9,16-17H,2-4,7-8,10,15H2,1H3. The number of nitrogens with one attached hydrogen (secondary N) is 1. The molecule has 0 atom stereocenters. The third-order valence-corrected chi connectivity index (χ3v) is 3.77. The largest absolute Gasteiger partial charge is 0.497 e. The second-order valence-corrected chi connectivity index (χ2v) is 5.08. The van der Waals surface area contributed by atoms with E-state index in [1.54, 1.807) is 13.2 Å². The van der Waals surface area contributed by atoms with E-state index in [0.29, 0.717) is 5.69 Å². The molecule has 1 saturated carbocycles. The second-order valence-electron chi connectivity index (χ2n) is 5.08. The average Bonchev–Trinajstić information content (AvgIpc) is 2.42. The summed E-state index contributed by atoms with van der Waals surface area (Å²) in [6.45, 7) is 0.151. The Morgan fingerprint density at radius 1 is 1.33 bits per heavy atom. The Hall–Kier alpha value is -1.42. The molecule has 4 nitrogen and oxygen atoms in total. The minimum Gasteiger partial charge on any atom is -0.497 e. The summed E-state index contributed by atoms with van der Waals surface area (Å²) < 4.78 is 5.13. The molecule has 0 aliphatic heterocycles. The number of hydrogen-bond acceptors (Lipinski definition) is 4. The molecule has 0 aromatic heterocycles. The maximum atomic E-state index is 9.67. The first kappa shape index (κ1) is 13.0. The number of anilines is 2. The summed E-state index contributed by atoms with van der Waals surface area (Å²) in [5.74, 6) is 0.750. The van der Waals surface area contributed by atoms with Crippen LogP contribution in [0.2, 0.25) is 0 Å². The third-order valence-electron chi connectivity index (χ3n) is 3.77. The lowest BCUT2D eigenvalue weighted by Gasteiger charge is -2.37. The second kappa shape index (κ2) is 5.48. The molecule has 1 aliphatic carbocycles. The van der Waals surface area contributed by atoms with Crippen LogP contribution in [-0.2, 0) is 0 Å². The minimum absolute atomic E-state index is 0.151. The van der Waals surface area contributed by atoms with Crippen LogP contribution >= 0.6 is 0 Å². The predicted octanol–water partition coefficient (Wildman–Crippen LogP) is 2.38. The Morgan fingerprint density at radius 2 is 2.06 bits per heavy atom. The molecule has 0 bridgehead atoms. The van der Waals surface area contributed by atoms with Gasteiger partial charge in [-0.2, -0.15) is 0 Å². The minimum atomic E-state index is -0.207. The van der Waals surface area contributed by atoms with Gasteiger partial charge in [0, 0.05) is 6.07 Å². The fourth-order valence-corrected chi connectivity index (χ4v) is 2.62. The van der Waals surface area contributed by atoms with Gasteiger partial charge in [-0.25, -0.2) is 0 Å². The van der Waals surface area contributed by atoms with Crippen LogP contribution in [0, 0.1) is 0 Å². The van der Waals surface area contributed by atoms with Crippen LogP contribution in [-0.4, -0.2) is 24.4 Å². The van der Waals surface area contributed by atoms with Gasteiger partial charge < -0.3 is 20.9 Å². The van der Waals surface area contributed by atoms with Crippen molar-refractivity contribution in [1.29, 1.82) is 0 Å². The van der Waals surface area contributed by atoms with Gasteiger partial charge in [-0.3, -0.25) is 0 Å². The summed E-state index contributed by atoms with van der Waals surface area (Å²) in [6.07, 6.45) is 5.55. The number of methoxy groups -OCH3 is 1. The summed E-state index contributed by atoms with van der Waals surface area (Å²) in [6, 6.07) is 5.60. The van der Waals surface area contributed by atoms with Gasteiger partial charge in [-0.15, -0.1) is 0 Å². The first-order chi connectivity index (χ1) is 8.69. The quantitative estimate of drug-likeness (QED) is 0.718. The van der Waals surface area contributed by atoms with E-state index in [9.17, 15) is 5.11 Å². The normalized spacial score (nSPS) is 18.3. The molecule has 0 heterocycles. The van der Waals surface area contributed by atoms with Gasteiger partial charge in [0.05, 0.1) is 30.6 Å². The first-order valence-electron chi connectivity index (χ1n) is 6.52. The molecule has 0 radical (unpaired) electrons. The van der Waals surface area contributed by atoms with E-state index >= 15 is 0 Å². The van der Waals surface area contributed by atoms with Crippen LogP contribution < -0.4 is 15.8 Å². The molecular formula is C14H22N2O2. The summed E-state index contributed by atoms with van der Waals surface area (Å²) in [7, 11) is 1.62. The number of aliphatic hydroxyl groups excluding tert-OH is 1. The van der Waals surface area contributed by atoms with Crippen LogP contribution in [0.4, 0.5) is 11.4 Å². The molecule has 18 heavy (non-hydrogen) atoms. The topological polar surface area (TPSA) is 67.5 Å². The van der Waals surface area contributed by atoms with Crippen molar-refractivity contribution in [3.8, 4) is 5.75 Å². The van der Waals surface area contributed by atoms with Crippen LogP contribution in [0.3, 0.4) is 0 Å². The van der Waals surface area contributed by atoms with E-state index < -0.39 is 0 Å². The van der Waals surface area contributed by atoms with Gasteiger partial charge in [-0.1, -0.05) is 19.3 Å². The Labute approximate surface area is 108 Å². The van der Waals surface area contributed by atoms with Gasteiger partial charge in [0.1, 0.15) is 5.75 Å². The summed E-state index contributed by atoms with van der Waals surface area (Å²) in [5, 5.41) is 13.1. The Bertz CT molecular complexity index is 401. The van der Waals surface area contributed by atoms with E-state index in [4.69, 9.17) is 10.5 Å². The van der Waals surface area contributed by atoms with Crippen molar-refractivity contribution in [2.75, 3.05) is 24.8 Å². The van der Waals surface area contributed by atoms with E-state index in [2.05, 4.69) is 5.32 Å². The number of hydrogen-bond donors (Lipinski definition) is 3. The van der Waals surface area contributed by atoms with Crippen LogP contribution in [0.5, 0.6) is 5.75 Å². The van der Waals surface area contributed by atoms with Crippen LogP contribution in [0.25, 0.3) is 0 Å². The molecule has 0 spiro atoms. The highest BCUT2D eigenvalue weighted by molar-refractivity contribution is 5.69. The molecule has 1 aromatic rings. The maximum Gasteiger partial charge on any atom is 0.121 e. The number of nitrogen functional groups attached to an aromatic ring is 1. The molecular weight excluding hydrogens is 228 g/mol. The van der Waals surface area contributed by atoms with Crippen molar-refractivity contribution in [3.63, 3.8) is 0 Å². The fourth-order valence-electron chi connectivity index (χ4n) is 2.62. The van der Waals surface area contributed by atoms with Crippen molar-refractivity contribution in [2.45, 2.75) is 37.6 Å². The lowest BCUT2D eigenvalue weighted by molar-refractivity contribution is 0.173. The highest BCUT2D eigenvalue weighted by Gasteiger charge is 2.31. The molecule has 2 rings (SSSR count). The lowest BCUT2D eigenvalue weighted by atomic mass is 9.82. The smallest absolute Gasteiger partial charge is 0.121 e. The SMILES string of the molecule is COc1ccc(NC2(CO)CCCCC2)c(N)c1. The zero-order valence-corrected chi connectivity index (χ0v) is 10.9. The van der Waals surface area contributed by atoms with Crippen molar-refractivity contribution in [1.82, 2.24) is 0 Å². The Kier molecular flexibility index (Phi) is 3.97. The average molecular weight is 250 g/mol. The van der Waals surface area contributed by atoms with Crippen LogP contribution in [0.15, 0.2) is 18.2 Å². The molecule has 4 heteroatoms. The number of rotatable bonds is 4. The van der Waals surface area contributed by atoms with Crippen molar-refractivity contribution >= 4 is 11.4 Å². The lowest BCUT2D eigenvalue weighted by Crippen LogP contribution is -2.44. The first-order valence-corrected chi connectivity index (χ1v) is 6.52. The van der Waals surface area contributed by atoms with E-state index in [-0.39, 0.29) is 12.1 Å². The highest BCUT2D eigenvalue weighted by Crippen LogP contribution is 2.34. The van der Waals surface area contributed by atoms with Gasteiger partial charge in [0.15, 0.2) is 0 Å². The predicted molar refractivity (Wildman–Crippen MR) is 73.9 cm³/mol. The summed E-state index contributed by atoms with van der Waals surface area (Å²) >= 11 is 0. The Morgan fingerprint density at radius 3 is 2.61 bits per heavy atom. The van der Waals surface area contributed by atoms with Crippen molar-refractivity contribution in [3.05, 3.63) is 18.2 Å². The number of ether oxygens (including phenoxy) is 1. The molecule has 1 aliphatic rings. The van der Waals surface area contributed by atoms with Gasteiger partial charge in [-0.05, 0) is 25.0 Å². The molecule has 0 amide bonds. The summed E-state index contributed by atoms with van der Waals surface area (Å²) in [5.41, 5.74) is 7.34. The highest BCUT2D eigenvalue weighted by atomic mass is 16.5. The van der Waals surface area contributed by atoms with Gasteiger partial charge >= 0.3 is 0 Å². The van der Waals surface area contributed by atoms with Crippen molar-refractivity contribution in [2.24, 2.45) is 0 Å². The molecule has 100 valence electrons. The number of benzene rings is 1. The van der Waals surface area contributed by atoms with Crippen molar-refractivity contribution < 1.29 is 9.84 Å². The van der Waals surface area contributed by atoms with E-state index in [0.717, 1.165) is 37.1 Å². The third kappa shape index (κ3) is 2.70. The van der Waals surface area contributed by atoms with Gasteiger partial charge in [0.25, 0.3) is 0 Å². The van der Waals surface area contributed by atoms with E-state index in [1.807, 2.05) is 12.1 Å². The Balaban J connectivity index is 2.16. The number of aliphatic hydroxyl groups is 1. The monoisotopic (exact) mass is 250 g/mol. The fraction of sp³-hybridized carbons (Fsp3) is 0.571. The molecule has 1 aromatic carbocycles. The maximum absolute atomic E-state index is 9.67. The zero-order chi connectivity index (χ0) is 13.0. The molecule has 4 N–H and O–H groups in total. The van der Waals surface area contributed by atoms with Gasteiger partial charge in [0.2, 0.25) is 0 Å². The zero-order valence-electron chi connectivity index (χ0n) is 10.9. The summed E-state index contributed by atoms with van der Waals surface area (Å²) in [4.78, 5) is 0. The van der Waals surface area contributed by atoms with E-state index in [1.165, 1.54) is 6.42 Å². The molecule has 1 fully saturated rings. The molecule has 0 unspecified atom stereocenters. The molecule has 0 saturated heterocycles. The van der Waals surface area contributed by atoms with Crippen LogP contribution in [0.1, 0.15) is 32.1 Å².